The number of halogens is 1. The Balaban J connectivity index is -0.000000180. The van der Waals surface area contributed by atoms with Gasteiger partial charge in [0.15, 0.2) is 0 Å². The van der Waals surface area contributed by atoms with Gasteiger partial charge in [0.2, 0.25) is 0 Å². The molecule has 0 saturated carbocycles. The molecule has 0 rings (SSSR count). The Kier molecular flexibility index (Phi) is 15.5. The fourth-order valence-corrected chi connectivity index (χ4v) is 0.201. The molecule has 0 heterocycles. The van der Waals surface area contributed by atoms with Gasteiger partial charge in [-0.25, -0.2) is 0 Å². The van der Waals surface area contributed by atoms with E-state index >= 15 is 0 Å². The summed E-state index contributed by atoms with van der Waals surface area (Å²) >= 11 is 0. The summed E-state index contributed by atoms with van der Waals surface area (Å²) in [5, 5.41) is 0. The maximum atomic E-state index is 10.2. The van der Waals surface area contributed by atoms with E-state index in [4.69, 9.17) is 0 Å². The number of hydrogen-bond donors (Lipinski definition) is 0. The normalized spacial score (nSPS) is 7.11. The van der Waals surface area contributed by atoms with E-state index in [1.807, 2.05) is 0 Å². The van der Waals surface area contributed by atoms with Crippen LogP contribution in [0.4, 0.5) is 0 Å². The van der Waals surface area contributed by atoms with E-state index in [1.54, 1.807) is 6.92 Å². The Bertz CT molecular complexity index is 75.4. The second-order valence-corrected chi connectivity index (χ2v) is 1.42. The summed E-state index contributed by atoms with van der Waals surface area (Å²) in [5.41, 5.74) is 0. The monoisotopic (exact) mass is 244 g/mol. The number of methoxy groups -OCH3 is 1. The predicted molar refractivity (Wildman–Crippen MR) is 26.5 cm³/mol. The third-order valence-electron chi connectivity index (χ3n) is 0.604. The average Bonchev–Trinajstić information content (AvgIpc) is 1.65. The molecule has 1 atom stereocenters. The topological polar surface area (TPSA) is 26.3 Å². The van der Waals surface area contributed by atoms with E-state index in [0.717, 1.165) is 0 Å². The van der Waals surface area contributed by atoms with Crippen LogP contribution in [0.2, 0.25) is 0 Å². The van der Waals surface area contributed by atoms with Gasteiger partial charge < -0.3 is 21.7 Å². The van der Waals surface area contributed by atoms with Crippen LogP contribution in [0.1, 0.15) is 6.92 Å². The summed E-state index contributed by atoms with van der Waals surface area (Å²) in [6, 6.07) is 0. The maximum absolute atomic E-state index is 10.2. The van der Waals surface area contributed by atoms with Crippen LogP contribution < -0.4 is 17.0 Å². The van der Waals surface area contributed by atoms with Crippen molar-refractivity contribution in [2.24, 2.45) is 5.92 Å². The molecule has 4 heteroatoms. The average molecular weight is 246 g/mol. The smallest absolute Gasteiger partial charge is 0.308 e. The largest absolute Gasteiger partial charge is 1.00 e. The summed E-state index contributed by atoms with van der Waals surface area (Å²) in [5.74, 6) is -0.509. The van der Waals surface area contributed by atoms with Crippen LogP contribution in [0.25, 0.3) is 0 Å². The second kappa shape index (κ2) is 8.57. The van der Waals surface area contributed by atoms with Gasteiger partial charge in [0.1, 0.15) is 0 Å². The third kappa shape index (κ3) is 8.57. The van der Waals surface area contributed by atoms with Gasteiger partial charge >= 0.3 is 5.97 Å². The Hall–Kier alpha value is 0.573. The molecule has 0 aliphatic carbocycles. The van der Waals surface area contributed by atoms with Crippen molar-refractivity contribution in [3.8, 4) is 0 Å². The Morgan fingerprint density at radius 1 is 1.67 bits per heavy atom. The van der Waals surface area contributed by atoms with Crippen molar-refractivity contribution in [1.82, 2.24) is 0 Å². The fourth-order valence-electron chi connectivity index (χ4n) is 0.201. The van der Waals surface area contributed by atoms with Gasteiger partial charge in [-0.2, -0.15) is 0 Å². The number of esters is 1. The Morgan fingerprint density at radius 3 is 2.00 bits per heavy atom. The number of rotatable bonds is 1. The summed E-state index contributed by atoms with van der Waals surface area (Å²) in [6.07, 6.45) is 0. The van der Waals surface area contributed by atoms with Gasteiger partial charge in [-0.1, -0.05) is 6.92 Å². The van der Waals surface area contributed by atoms with Crippen LogP contribution in [0.3, 0.4) is 0 Å². The van der Waals surface area contributed by atoms with Crippen molar-refractivity contribution in [2.45, 2.75) is 6.92 Å². The predicted octanol–water partition coefficient (Wildman–Crippen LogP) is -2.37. The van der Waals surface area contributed by atoms with Crippen molar-refractivity contribution in [3.63, 3.8) is 0 Å². The van der Waals surface area contributed by atoms with E-state index in [1.165, 1.54) is 7.11 Å². The maximum Gasteiger partial charge on any atom is 0.308 e. The first-order chi connectivity index (χ1) is 3.18. The molecule has 51 valence electrons. The second-order valence-electron chi connectivity index (χ2n) is 1.42. The van der Waals surface area contributed by atoms with E-state index in [2.05, 4.69) is 11.7 Å². The molecule has 1 radical (unpaired) electrons. The standard InChI is InChI=1S/C5H9O2.BrH.Zn/c1-4(2)5(6)7-3;;/h4H,1H2,2-3H3;1H;/p-1/t4-;;/m0../s1. The number of carbonyl (C=O) groups excluding carboxylic acids is 1. The van der Waals surface area contributed by atoms with Crippen LogP contribution in [0.15, 0.2) is 0 Å². The van der Waals surface area contributed by atoms with Crippen molar-refractivity contribution in [1.29, 1.82) is 0 Å². The number of hydrogen-bond acceptors (Lipinski definition) is 2. The minimum atomic E-state index is -0.264. The first-order valence-electron chi connectivity index (χ1n) is 2.09. The minimum Gasteiger partial charge on any atom is -1.00 e. The summed E-state index contributed by atoms with van der Waals surface area (Å²) in [6.45, 7) is 5.12. The summed E-state index contributed by atoms with van der Waals surface area (Å²) in [4.78, 5) is 10.2. The van der Waals surface area contributed by atoms with Crippen LogP contribution in [0.5, 0.6) is 0 Å². The molecule has 9 heavy (non-hydrogen) atoms. The minimum absolute atomic E-state index is 0. The number of carbonyl (C=O) groups is 1. The molecule has 0 amide bonds. The van der Waals surface area contributed by atoms with Crippen molar-refractivity contribution in [2.75, 3.05) is 7.11 Å². The molecule has 2 nitrogen and oxygen atoms in total. The quantitative estimate of drug-likeness (QED) is 0.382. The van der Waals surface area contributed by atoms with Gasteiger partial charge in [-0.05, 0) is 6.92 Å². The molecule has 0 unspecified atom stereocenters. The molecular formula is C5H9BrO2Zn-. The third-order valence-corrected chi connectivity index (χ3v) is 0.604. The van der Waals surface area contributed by atoms with Crippen molar-refractivity contribution >= 4 is 5.97 Å². The van der Waals surface area contributed by atoms with E-state index in [-0.39, 0.29) is 48.3 Å². The molecule has 0 aromatic rings. The van der Waals surface area contributed by atoms with E-state index in [9.17, 15) is 4.79 Å². The van der Waals surface area contributed by atoms with Gasteiger partial charge in [-0.3, -0.25) is 4.79 Å². The fraction of sp³-hybridized carbons (Fsp3) is 0.600. The van der Waals surface area contributed by atoms with Gasteiger partial charge in [-0.15, -0.1) is 0 Å². The van der Waals surface area contributed by atoms with E-state index < -0.39 is 0 Å². The van der Waals surface area contributed by atoms with Crippen LogP contribution in [0, 0.1) is 12.8 Å². The molecule has 0 aliphatic rings. The molecule has 0 aliphatic heterocycles. The van der Waals surface area contributed by atoms with Gasteiger partial charge in [0.25, 0.3) is 0 Å². The first kappa shape index (κ1) is 16.3. The molecular weight excluding hydrogens is 237 g/mol. The molecule has 0 saturated heterocycles. The molecule has 0 bridgehead atoms. The summed E-state index contributed by atoms with van der Waals surface area (Å²) < 4.78 is 4.31. The van der Waals surface area contributed by atoms with Gasteiger partial charge in [0.05, 0.1) is 13.0 Å². The Morgan fingerprint density at radius 2 is 2.00 bits per heavy atom. The molecule has 0 N–H and O–H groups in total. The number of ether oxygens (including phenoxy) is 1. The summed E-state index contributed by atoms with van der Waals surface area (Å²) in [7, 11) is 1.35. The SMILES string of the molecule is [Br-].[CH2][C@@H](C)C(=O)OC.[Zn]. The zero-order valence-electron chi connectivity index (χ0n) is 5.69. The van der Waals surface area contributed by atoms with E-state index in [0.29, 0.717) is 0 Å². The van der Waals surface area contributed by atoms with Crippen molar-refractivity contribution in [3.05, 3.63) is 6.92 Å². The molecule has 0 fully saturated rings. The van der Waals surface area contributed by atoms with Gasteiger partial charge in [0, 0.05) is 19.5 Å². The molecule has 0 aromatic heterocycles. The van der Waals surface area contributed by atoms with Crippen molar-refractivity contribution < 1.29 is 46.0 Å². The molecule has 0 aromatic carbocycles. The Labute approximate surface area is 78.9 Å². The zero-order chi connectivity index (χ0) is 5.86. The van der Waals surface area contributed by atoms with Crippen LogP contribution in [-0.4, -0.2) is 13.1 Å². The first-order valence-corrected chi connectivity index (χ1v) is 2.09. The van der Waals surface area contributed by atoms with Crippen LogP contribution in [-0.2, 0) is 29.0 Å². The van der Waals surface area contributed by atoms with Crippen LogP contribution >= 0.6 is 0 Å². The molecule has 0 spiro atoms. The zero-order valence-corrected chi connectivity index (χ0v) is 10.2.